The molecule has 0 spiro atoms. The van der Waals surface area contributed by atoms with Crippen LogP contribution in [0.1, 0.15) is 82.1 Å². The van der Waals surface area contributed by atoms with Crippen LogP contribution in [0.3, 0.4) is 0 Å². The van der Waals surface area contributed by atoms with Crippen molar-refractivity contribution in [1.82, 2.24) is 0 Å². The predicted molar refractivity (Wildman–Crippen MR) is 129 cm³/mol. The predicted octanol–water partition coefficient (Wildman–Crippen LogP) is 6.52. The van der Waals surface area contributed by atoms with Crippen molar-refractivity contribution in [2.24, 2.45) is 0 Å². The van der Waals surface area contributed by atoms with Crippen LogP contribution in [-0.4, -0.2) is 25.1 Å². The molecule has 174 valence electrons. The summed E-state index contributed by atoms with van der Waals surface area (Å²) in [7, 11) is 0. The van der Waals surface area contributed by atoms with E-state index in [1.165, 1.54) is 5.56 Å². The van der Waals surface area contributed by atoms with Gasteiger partial charge in [-0.1, -0.05) is 59.1 Å². The normalized spacial score (nSPS) is 11.1. The molecule has 0 unspecified atom stereocenters. The second kappa shape index (κ2) is 12.9. The maximum absolute atomic E-state index is 12.2. The second-order valence-corrected chi connectivity index (χ2v) is 9.05. The second-order valence-electron chi connectivity index (χ2n) is 9.05. The first-order chi connectivity index (χ1) is 15.3. The van der Waals surface area contributed by atoms with Gasteiger partial charge in [-0.3, -0.25) is 4.79 Å². The molecule has 0 aliphatic carbocycles. The molecule has 5 heteroatoms. The minimum atomic E-state index is -0.327. The Bertz CT molecular complexity index is 835. The van der Waals surface area contributed by atoms with Crippen LogP contribution in [0.4, 0.5) is 5.69 Å². The zero-order valence-electron chi connectivity index (χ0n) is 19.9. The van der Waals surface area contributed by atoms with Gasteiger partial charge in [-0.15, -0.1) is 0 Å². The summed E-state index contributed by atoms with van der Waals surface area (Å²) < 4.78 is 11.0. The zero-order chi connectivity index (χ0) is 23.4. The van der Waals surface area contributed by atoms with Gasteiger partial charge >= 0.3 is 5.97 Å². The number of carbonyl (C=O) groups is 2. The fourth-order valence-electron chi connectivity index (χ4n) is 3.16. The molecule has 0 bridgehead atoms. The van der Waals surface area contributed by atoms with Gasteiger partial charge in [-0.2, -0.15) is 0 Å². The Morgan fingerprint density at radius 2 is 1.53 bits per heavy atom. The quantitative estimate of drug-likeness (QED) is 0.302. The lowest BCUT2D eigenvalue weighted by Crippen LogP contribution is -2.13. The Morgan fingerprint density at radius 1 is 0.844 bits per heavy atom. The summed E-state index contributed by atoms with van der Waals surface area (Å²) in [6, 6.07) is 14.9. The van der Waals surface area contributed by atoms with Crippen LogP contribution >= 0.6 is 0 Å². The fourth-order valence-corrected chi connectivity index (χ4v) is 3.16. The van der Waals surface area contributed by atoms with Crippen LogP contribution in [0.25, 0.3) is 0 Å². The molecule has 0 aliphatic rings. The highest BCUT2D eigenvalue weighted by Gasteiger charge is 2.13. The topological polar surface area (TPSA) is 64.6 Å². The van der Waals surface area contributed by atoms with E-state index >= 15 is 0 Å². The smallest absolute Gasteiger partial charge is 0.338 e. The summed E-state index contributed by atoms with van der Waals surface area (Å²) in [6.07, 6.45) is 5.25. The molecule has 0 heterocycles. The van der Waals surface area contributed by atoms with E-state index in [2.05, 4.69) is 45.1 Å². The number of anilines is 1. The van der Waals surface area contributed by atoms with E-state index in [1.807, 2.05) is 12.1 Å². The lowest BCUT2D eigenvalue weighted by atomic mass is 9.87. The number of benzene rings is 2. The highest BCUT2D eigenvalue weighted by molar-refractivity contribution is 5.93. The molecule has 2 aromatic carbocycles. The van der Waals surface area contributed by atoms with Gasteiger partial charge in [-0.25, -0.2) is 4.79 Å². The molecular weight excluding hydrogens is 402 g/mol. The molecule has 0 saturated carbocycles. The molecule has 32 heavy (non-hydrogen) atoms. The van der Waals surface area contributed by atoms with Gasteiger partial charge in [0.25, 0.3) is 0 Å². The largest absolute Gasteiger partial charge is 0.494 e. The van der Waals surface area contributed by atoms with Crippen molar-refractivity contribution >= 4 is 17.6 Å². The van der Waals surface area contributed by atoms with E-state index in [1.54, 1.807) is 24.3 Å². The SMILES string of the molecule is CCCCCCOC(=O)c1ccc(NC(=O)CCCOc2ccc(C(C)(C)C)cc2)cc1. The van der Waals surface area contributed by atoms with Gasteiger partial charge < -0.3 is 14.8 Å². The number of rotatable bonds is 12. The van der Waals surface area contributed by atoms with Gasteiger partial charge in [0.1, 0.15) is 5.75 Å². The number of esters is 1. The molecule has 5 nitrogen and oxygen atoms in total. The fraction of sp³-hybridized carbons (Fsp3) is 0.481. The molecule has 0 aliphatic heterocycles. The molecule has 0 fully saturated rings. The van der Waals surface area contributed by atoms with E-state index in [0.717, 1.165) is 31.4 Å². The summed E-state index contributed by atoms with van der Waals surface area (Å²) in [4.78, 5) is 24.2. The number of hydrogen-bond acceptors (Lipinski definition) is 4. The summed E-state index contributed by atoms with van der Waals surface area (Å²) >= 11 is 0. The Labute approximate surface area is 192 Å². The third-order valence-electron chi connectivity index (χ3n) is 5.17. The van der Waals surface area contributed by atoms with E-state index in [0.29, 0.717) is 37.3 Å². The van der Waals surface area contributed by atoms with Crippen LogP contribution < -0.4 is 10.1 Å². The van der Waals surface area contributed by atoms with Crippen molar-refractivity contribution in [3.8, 4) is 5.75 Å². The minimum absolute atomic E-state index is 0.0806. The molecule has 0 saturated heterocycles. The molecule has 0 radical (unpaired) electrons. The maximum atomic E-state index is 12.2. The van der Waals surface area contributed by atoms with Gasteiger partial charge in [0, 0.05) is 12.1 Å². The molecule has 2 aromatic rings. The number of amides is 1. The Hall–Kier alpha value is -2.82. The molecule has 1 amide bonds. The van der Waals surface area contributed by atoms with Crippen molar-refractivity contribution < 1.29 is 19.1 Å². The highest BCUT2D eigenvalue weighted by atomic mass is 16.5. The average molecular weight is 440 g/mol. The van der Waals surface area contributed by atoms with Crippen molar-refractivity contribution in [2.75, 3.05) is 18.5 Å². The van der Waals surface area contributed by atoms with E-state index in [4.69, 9.17) is 9.47 Å². The van der Waals surface area contributed by atoms with Crippen LogP contribution in [0.5, 0.6) is 5.75 Å². The summed E-state index contributed by atoms with van der Waals surface area (Å²) in [5.74, 6) is 0.404. The molecule has 0 aromatic heterocycles. The van der Waals surface area contributed by atoms with Crippen LogP contribution in [0.15, 0.2) is 48.5 Å². The number of carbonyl (C=O) groups excluding carboxylic acids is 2. The van der Waals surface area contributed by atoms with E-state index in [-0.39, 0.29) is 17.3 Å². The van der Waals surface area contributed by atoms with E-state index in [9.17, 15) is 9.59 Å². The summed E-state index contributed by atoms with van der Waals surface area (Å²) in [6.45, 7) is 9.60. The molecular formula is C27H37NO4. The highest BCUT2D eigenvalue weighted by Crippen LogP contribution is 2.24. The third kappa shape index (κ3) is 9.13. The Morgan fingerprint density at radius 3 is 2.16 bits per heavy atom. The first-order valence-corrected chi connectivity index (χ1v) is 11.6. The summed E-state index contributed by atoms with van der Waals surface area (Å²) in [5, 5.41) is 2.85. The minimum Gasteiger partial charge on any atom is -0.494 e. The summed E-state index contributed by atoms with van der Waals surface area (Å²) in [5.41, 5.74) is 2.52. The number of ether oxygens (including phenoxy) is 2. The molecule has 0 atom stereocenters. The third-order valence-corrected chi connectivity index (χ3v) is 5.17. The van der Waals surface area contributed by atoms with Crippen LogP contribution in [-0.2, 0) is 14.9 Å². The van der Waals surface area contributed by atoms with Crippen molar-refractivity contribution in [3.63, 3.8) is 0 Å². The van der Waals surface area contributed by atoms with Gasteiger partial charge in [0.15, 0.2) is 0 Å². The molecule has 2 rings (SSSR count). The van der Waals surface area contributed by atoms with Gasteiger partial charge in [0.05, 0.1) is 18.8 Å². The first kappa shape index (κ1) is 25.4. The number of hydrogen-bond donors (Lipinski definition) is 1. The number of nitrogens with one attached hydrogen (secondary N) is 1. The Balaban J connectivity index is 1.67. The van der Waals surface area contributed by atoms with Crippen molar-refractivity contribution in [2.45, 2.75) is 71.6 Å². The van der Waals surface area contributed by atoms with Gasteiger partial charge in [-0.05, 0) is 60.2 Å². The number of unbranched alkanes of at least 4 members (excludes halogenated alkanes) is 3. The lowest BCUT2D eigenvalue weighted by molar-refractivity contribution is -0.116. The van der Waals surface area contributed by atoms with Crippen LogP contribution in [0.2, 0.25) is 0 Å². The van der Waals surface area contributed by atoms with Gasteiger partial charge in [0.2, 0.25) is 5.91 Å². The maximum Gasteiger partial charge on any atom is 0.338 e. The Kier molecular flexibility index (Phi) is 10.3. The monoisotopic (exact) mass is 439 g/mol. The zero-order valence-corrected chi connectivity index (χ0v) is 19.9. The van der Waals surface area contributed by atoms with E-state index < -0.39 is 0 Å². The molecule has 1 N–H and O–H groups in total. The van der Waals surface area contributed by atoms with Crippen molar-refractivity contribution in [1.29, 1.82) is 0 Å². The average Bonchev–Trinajstić information content (AvgIpc) is 2.76. The lowest BCUT2D eigenvalue weighted by Gasteiger charge is -2.19. The van der Waals surface area contributed by atoms with Crippen LogP contribution in [0, 0.1) is 0 Å². The first-order valence-electron chi connectivity index (χ1n) is 11.6. The standard InChI is InChI=1S/C27H37NO4/c1-5-6-7-8-19-32-26(30)21-11-15-23(16-12-21)28-25(29)10-9-20-31-24-17-13-22(14-18-24)27(2,3)4/h11-18H,5-10,19-20H2,1-4H3,(H,28,29). The van der Waals surface area contributed by atoms with Crippen molar-refractivity contribution in [3.05, 3.63) is 59.7 Å².